The lowest BCUT2D eigenvalue weighted by Crippen LogP contribution is -2.25. The van der Waals surface area contributed by atoms with Gasteiger partial charge in [-0.3, -0.25) is 4.79 Å². The first-order valence-electron chi connectivity index (χ1n) is 8.01. The Bertz CT molecular complexity index is 924. The van der Waals surface area contributed by atoms with E-state index in [2.05, 4.69) is 21.0 Å². The van der Waals surface area contributed by atoms with Gasteiger partial charge in [-0.1, -0.05) is 24.3 Å². The number of hydrazone groups is 1. The number of benzene rings is 2. The molecule has 0 saturated carbocycles. The minimum Gasteiger partial charge on any atom is -0.493 e. The van der Waals surface area contributed by atoms with Gasteiger partial charge in [-0.05, 0) is 58.8 Å². The van der Waals surface area contributed by atoms with E-state index >= 15 is 0 Å². The molecule has 0 aromatic heterocycles. The summed E-state index contributed by atoms with van der Waals surface area (Å²) >= 11 is 3.31. The number of rotatable bonds is 4. The van der Waals surface area contributed by atoms with Gasteiger partial charge in [0.2, 0.25) is 0 Å². The zero-order chi connectivity index (χ0) is 19.6. The van der Waals surface area contributed by atoms with Gasteiger partial charge in [0.05, 0.1) is 22.3 Å². The maximum absolute atomic E-state index is 13.4. The fourth-order valence-corrected chi connectivity index (χ4v) is 3.06. The molecule has 3 rings (SSSR count). The Morgan fingerprint density at radius 3 is 2.48 bits per heavy atom. The number of carbonyl (C=O) groups excluding carboxylic acids is 1. The summed E-state index contributed by atoms with van der Waals surface area (Å²) in [7, 11) is 0. The van der Waals surface area contributed by atoms with Gasteiger partial charge < -0.3 is 4.74 Å². The predicted molar refractivity (Wildman–Crippen MR) is 101 cm³/mol. The standard InChI is InChI=1S/C19H14BrF3N2O2/c1-2-27-16-9-8-12(11-15(16)20)10-14-17(19(21,22)23)24-25(18(14)26)13-6-4-3-5-7-13/h3-11H,2H2,1H3/b14-10-. The molecule has 0 bridgehead atoms. The van der Waals surface area contributed by atoms with Gasteiger partial charge in [-0.25, -0.2) is 0 Å². The average molecular weight is 439 g/mol. The first-order valence-corrected chi connectivity index (χ1v) is 8.80. The van der Waals surface area contributed by atoms with Crippen molar-refractivity contribution in [3.8, 4) is 5.75 Å². The molecule has 0 unspecified atom stereocenters. The van der Waals surface area contributed by atoms with Gasteiger partial charge >= 0.3 is 6.18 Å². The number of ether oxygens (including phenoxy) is 1. The van der Waals surface area contributed by atoms with Crippen LogP contribution in [0.5, 0.6) is 5.75 Å². The minimum absolute atomic E-state index is 0.264. The molecule has 1 heterocycles. The summed E-state index contributed by atoms with van der Waals surface area (Å²) in [5.74, 6) is -0.272. The number of anilines is 1. The molecule has 2 aromatic carbocycles. The van der Waals surface area contributed by atoms with E-state index in [0.717, 1.165) is 5.01 Å². The van der Waals surface area contributed by atoms with E-state index < -0.39 is 23.4 Å². The second-order valence-corrected chi connectivity index (χ2v) is 6.43. The van der Waals surface area contributed by atoms with E-state index in [1.54, 1.807) is 36.4 Å². The van der Waals surface area contributed by atoms with Crippen molar-refractivity contribution in [3.63, 3.8) is 0 Å². The molecule has 0 spiro atoms. The average Bonchev–Trinajstić information content (AvgIpc) is 2.95. The van der Waals surface area contributed by atoms with Crippen LogP contribution in [0.2, 0.25) is 0 Å². The molecule has 1 aliphatic heterocycles. The van der Waals surface area contributed by atoms with Crippen LogP contribution in [0.4, 0.5) is 18.9 Å². The number of hydrogen-bond acceptors (Lipinski definition) is 3. The van der Waals surface area contributed by atoms with Gasteiger partial charge in [0.1, 0.15) is 5.75 Å². The molecule has 0 radical (unpaired) electrons. The summed E-state index contributed by atoms with van der Waals surface area (Å²) in [4.78, 5) is 12.6. The lowest BCUT2D eigenvalue weighted by atomic mass is 10.1. The first-order chi connectivity index (χ1) is 12.8. The van der Waals surface area contributed by atoms with E-state index in [-0.39, 0.29) is 5.69 Å². The van der Waals surface area contributed by atoms with Crippen molar-refractivity contribution in [3.05, 3.63) is 64.1 Å². The zero-order valence-corrected chi connectivity index (χ0v) is 15.7. The molecule has 0 atom stereocenters. The third-order valence-electron chi connectivity index (χ3n) is 3.71. The van der Waals surface area contributed by atoms with Crippen molar-refractivity contribution in [2.75, 3.05) is 11.6 Å². The molecule has 4 nitrogen and oxygen atoms in total. The molecule has 0 fully saturated rings. The Morgan fingerprint density at radius 2 is 1.89 bits per heavy atom. The fraction of sp³-hybridized carbons (Fsp3) is 0.158. The maximum Gasteiger partial charge on any atom is 0.435 e. The molecule has 1 aliphatic rings. The number of para-hydroxylation sites is 1. The number of halogens is 4. The third kappa shape index (κ3) is 4.05. The van der Waals surface area contributed by atoms with E-state index in [0.29, 0.717) is 22.4 Å². The summed E-state index contributed by atoms with van der Waals surface area (Å²) in [6.45, 7) is 2.28. The van der Waals surface area contributed by atoms with Gasteiger partial charge in [-0.15, -0.1) is 0 Å². The number of carbonyl (C=O) groups is 1. The second kappa shape index (κ2) is 7.56. The van der Waals surface area contributed by atoms with Crippen molar-refractivity contribution in [1.29, 1.82) is 0 Å². The highest BCUT2D eigenvalue weighted by Crippen LogP contribution is 2.33. The number of amides is 1. The summed E-state index contributed by atoms with van der Waals surface area (Å²) < 4.78 is 46.3. The van der Waals surface area contributed by atoms with Crippen molar-refractivity contribution in [2.45, 2.75) is 13.1 Å². The normalized spacial score (nSPS) is 16.0. The van der Waals surface area contributed by atoms with Gasteiger partial charge in [0.15, 0.2) is 5.71 Å². The molecule has 0 N–H and O–H groups in total. The Labute approximate surface area is 162 Å². The van der Waals surface area contributed by atoms with Gasteiger partial charge in [-0.2, -0.15) is 23.3 Å². The molecule has 0 saturated heterocycles. The van der Waals surface area contributed by atoms with Crippen LogP contribution in [-0.4, -0.2) is 24.4 Å². The molecular weight excluding hydrogens is 425 g/mol. The quantitative estimate of drug-likeness (QED) is 0.615. The van der Waals surface area contributed by atoms with Crippen LogP contribution >= 0.6 is 15.9 Å². The monoisotopic (exact) mass is 438 g/mol. The smallest absolute Gasteiger partial charge is 0.435 e. The van der Waals surface area contributed by atoms with E-state index in [9.17, 15) is 18.0 Å². The first kappa shape index (κ1) is 19.2. The molecule has 8 heteroatoms. The Morgan fingerprint density at radius 1 is 1.19 bits per heavy atom. The Hall–Kier alpha value is -2.61. The molecular formula is C19H14BrF3N2O2. The fourth-order valence-electron chi connectivity index (χ4n) is 2.54. The van der Waals surface area contributed by atoms with Crippen LogP contribution in [0, 0.1) is 0 Å². The molecule has 1 amide bonds. The zero-order valence-electron chi connectivity index (χ0n) is 14.1. The largest absolute Gasteiger partial charge is 0.493 e. The van der Waals surface area contributed by atoms with Crippen LogP contribution in [0.25, 0.3) is 6.08 Å². The summed E-state index contributed by atoms with van der Waals surface area (Å²) in [6, 6.07) is 12.8. The number of alkyl halides is 3. The van der Waals surface area contributed by atoms with Crippen LogP contribution in [-0.2, 0) is 4.79 Å². The van der Waals surface area contributed by atoms with Gasteiger partial charge in [0.25, 0.3) is 5.91 Å². The highest BCUT2D eigenvalue weighted by atomic mass is 79.9. The molecule has 27 heavy (non-hydrogen) atoms. The third-order valence-corrected chi connectivity index (χ3v) is 4.33. The number of nitrogens with zero attached hydrogens (tertiary/aromatic N) is 2. The highest BCUT2D eigenvalue weighted by Gasteiger charge is 2.46. The van der Waals surface area contributed by atoms with Crippen molar-refractivity contribution >= 4 is 39.3 Å². The highest BCUT2D eigenvalue weighted by molar-refractivity contribution is 9.10. The van der Waals surface area contributed by atoms with E-state index in [1.807, 2.05) is 6.92 Å². The lowest BCUT2D eigenvalue weighted by Gasteiger charge is -2.11. The number of hydrogen-bond donors (Lipinski definition) is 0. The maximum atomic E-state index is 13.4. The van der Waals surface area contributed by atoms with Crippen LogP contribution in [0.3, 0.4) is 0 Å². The molecule has 0 aliphatic carbocycles. The minimum atomic E-state index is -4.76. The Kier molecular flexibility index (Phi) is 5.36. The van der Waals surface area contributed by atoms with Crippen LogP contribution < -0.4 is 9.75 Å². The van der Waals surface area contributed by atoms with Crippen molar-refractivity contribution in [2.24, 2.45) is 5.10 Å². The van der Waals surface area contributed by atoms with Crippen molar-refractivity contribution in [1.82, 2.24) is 0 Å². The Balaban J connectivity index is 2.03. The van der Waals surface area contributed by atoms with Crippen LogP contribution in [0.15, 0.2) is 63.7 Å². The van der Waals surface area contributed by atoms with Crippen LogP contribution in [0.1, 0.15) is 12.5 Å². The van der Waals surface area contributed by atoms with E-state index in [1.165, 1.54) is 18.2 Å². The van der Waals surface area contributed by atoms with Gasteiger partial charge in [0, 0.05) is 0 Å². The summed E-state index contributed by atoms with van der Waals surface area (Å²) in [6.07, 6.45) is -3.58. The molecule has 140 valence electrons. The molecule has 2 aromatic rings. The predicted octanol–water partition coefficient (Wildman–Crippen LogP) is 5.20. The SMILES string of the molecule is CCOc1ccc(/C=C2\C(=O)N(c3ccccc3)N=C2C(F)(F)F)cc1Br. The summed E-state index contributed by atoms with van der Waals surface area (Å²) in [5.41, 5.74) is -1.05. The lowest BCUT2D eigenvalue weighted by molar-refractivity contribution is -0.114. The summed E-state index contributed by atoms with van der Waals surface area (Å²) in [5, 5.41) is 4.29. The van der Waals surface area contributed by atoms with Crippen molar-refractivity contribution < 1.29 is 22.7 Å². The topological polar surface area (TPSA) is 41.9 Å². The van der Waals surface area contributed by atoms with E-state index in [4.69, 9.17) is 4.74 Å². The second-order valence-electron chi connectivity index (χ2n) is 5.58.